The lowest BCUT2D eigenvalue weighted by Gasteiger charge is -2.06. The standard InChI is InChI=1S/C23H19NO3/c1-27-18-11-12-21-19(13-18)20(14-22(25)26)23(24-21)17-9-7-16(8-10-17)15-5-3-2-4-6-15/h2-13,24H,14H2,1H3,(H,25,26). The smallest absolute Gasteiger partial charge is 0.307 e. The highest BCUT2D eigenvalue weighted by molar-refractivity contribution is 5.94. The number of nitrogens with one attached hydrogen (secondary N) is 1. The molecule has 0 aliphatic carbocycles. The van der Waals surface area contributed by atoms with Gasteiger partial charge in [-0.1, -0.05) is 54.6 Å². The highest BCUT2D eigenvalue weighted by Gasteiger charge is 2.16. The SMILES string of the molecule is COc1ccc2[nH]c(-c3ccc(-c4ccccc4)cc3)c(CC(=O)O)c2c1. The van der Waals surface area contributed by atoms with Crippen molar-refractivity contribution < 1.29 is 14.6 Å². The van der Waals surface area contributed by atoms with E-state index < -0.39 is 5.97 Å². The summed E-state index contributed by atoms with van der Waals surface area (Å²) in [6.07, 6.45) is -0.0526. The Morgan fingerprint density at radius 3 is 2.26 bits per heavy atom. The van der Waals surface area contributed by atoms with Crippen LogP contribution >= 0.6 is 0 Å². The topological polar surface area (TPSA) is 62.3 Å². The molecule has 4 rings (SSSR count). The number of carbonyl (C=O) groups is 1. The zero-order valence-corrected chi connectivity index (χ0v) is 14.9. The molecule has 0 aliphatic heterocycles. The van der Waals surface area contributed by atoms with Gasteiger partial charge >= 0.3 is 5.97 Å². The summed E-state index contributed by atoms with van der Waals surface area (Å²) in [7, 11) is 1.61. The van der Waals surface area contributed by atoms with Gasteiger partial charge in [0.05, 0.1) is 19.2 Å². The molecule has 0 atom stereocenters. The molecule has 27 heavy (non-hydrogen) atoms. The molecule has 4 aromatic rings. The first kappa shape index (κ1) is 16.9. The summed E-state index contributed by atoms with van der Waals surface area (Å²) < 4.78 is 5.30. The van der Waals surface area contributed by atoms with Crippen LogP contribution in [0.3, 0.4) is 0 Å². The van der Waals surface area contributed by atoms with Crippen molar-refractivity contribution in [2.45, 2.75) is 6.42 Å². The van der Waals surface area contributed by atoms with Gasteiger partial charge in [0, 0.05) is 10.9 Å². The molecule has 0 amide bonds. The van der Waals surface area contributed by atoms with Crippen molar-refractivity contribution >= 4 is 16.9 Å². The molecule has 4 nitrogen and oxygen atoms in total. The lowest BCUT2D eigenvalue weighted by molar-refractivity contribution is -0.136. The van der Waals surface area contributed by atoms with Crippen LogP contribution in [0, 0.1) is 0 Å². The van der Waals surface area contributed by atoms with Crippen molar-refractivity contribution in [3.05, 3.63) is 78.4 Å². The van der Waals surface area contributed by atoms with E-state index in [4.69, 9.17) is 4.74 Å². The van der Waals surface area contributed by atoms with Crippen LogP contribution in [0.4, 0.5) is 0 Å². The normalized spacial score (nSPS) is 10.9. The molecule has 2 N–H and O–H groups in total. The van der Waals surface area contributed by atoms with Crippen LogP contribution in [0.1, 0.15) is 5.56 Å². The number of aromatic amines is 1. The minimum Gasteiger partial charge on any atom is -0.497 e. The number of carboxylic acids is 1. The first-order chi connectivity index (χ1) is 13.2. The number of carboxylic acid groups (broad SMARTS) is 1. The van der Waals surface area contributed by atoms with E-state index in [1.54, 1.807) is 7.11 Å². The molecule has 3 aromatic carbocycles. The molecular weight excluding hydrogens is 338 g/mol. The molecule has 0 fully saturated rings. The number of aliphatic carboxylic acids is 1. The summed E-state index contributed by atoms with van der Waals surface area (Å²) in [4.78, 5) is 14.8. The lowest BCUT2D eigenvalue weighted by Crippen LogP contribution is -2.01. The van der Waals surface area contributed by atoms with Crippen molar-refractivity contribution in [2.24, 2.45) is 0 Å². The fourth-order valence-electron chi connectivity index (χ4n) is 3.39. The highest BCUT2D eigenvalue weighted by atomic mass is 16.5. The van der Waals surface area contributed by atoms with Gasteiger partial charge in [-0.05, 0) is 40.5 Å². The van der Waals surface area contributed by atoms with Crippen LogP contribution in [0.15, 0.2) is 72.8 Å². The number of fused-ring (bicyclic) bond motifs is 1. The number of aromatic nitrogens is 1. The maximum Gasteiger partial charge on any atom is 0.307 e. The van der Waals surface area contributed by atoms with E-state index in [-0.39, 0.29) is 6.42 Å². The van der Waals surface area contributed by atoms with E-state index in [2.05, 4.69) is 29.2 Å². The van der Waals surface area contributed by atoms with Crippen molar-refractivity contribution in [2.75, 3.05) is 7.11 Å². The molecule has 0 radical (unpaired) electrons. The Morgan fingerprint density at radius 1 is 0.926 bits per heavy atom. The number of hydrogen-bond donors (Lipinski definition) is 2. The molecular formula is C23H19NO3. The van der Waals surface area contributed by atoms with Crippen molar-refractivity contribution in [1.29, 1.82) is 0 Å². The van der Waals surface area contributed by atoms with Gasteiger partial charge in [0.2, 0.25) is 0 Å². The zero-order valence-electron chi connectivity index (χ0n) is 14.9. The molecule has 0 saturated heterocycles. The third kappa shape index (κ3) is 3.29. The van der Waals surface area contributed by atoms with Crippen LogP contribution in [-0.2, 0) is 11.2 Å². The maximum absolute atomic E-state index is 11.4. The van der Waals surface area contributed by atoms with E-state index in [0.29, 0.717) is 5.75 Å². The fraction of sp³-hybridized carbons (Fsp3) is 0.0870. The first-order valence-electron chi connectivity index (χ1n) is 8.72. The van der Waals surface area contributed by atoms with Crippen molar-refractivity contribution in [3.63, 3.8) is 0 Å². The number of methoxy groups -OCH3 is 1. The van der Waals surface area contributed by atoms with E-state index in [1.165, 1.54) is 0 Å². The van der Waals surface area contributed by atoms with Gasteiger partial charge in [-0.2, -0.15) is 0 Å². The number of ether oxygens (including phenoxy) is 1. The molecule has 0 aliphatic rings. The Balaban J connectivity index is 1.81. The van der Waals surface area contributed by atoms with E-state index in [9.17, 15) is 9.90 Å². The van der Waals surface area contributed by atoms with Crippen LogP contribution in [0.25, 0.3) is 33.3 Å². The maximum atomic E-state index is 11.4. The molecule has 0 unspecified atom stereocenters. The van der Waals surface area contributed by atoms with Gasteiger partial charge < -0.3 is 14.8 Å². The minimum absolute atomic E-state index is 0.0526. The number of rotatable bonds is 5. The lowest BCUT2D eigenvalue weighted by atomic mass is 9.99. The Morgan fingerprint density at radius 2 is 1.59 bits per heavy atom. The second-order valence-corrected chi connectivity index (χ2v) is 6.40. The van der Waals surface area contributed by atoms with Gasteiger partial charge in [0.1, 0.15) is 5.75 Å². The Hall–Kier alpha value is -3.53. The van der Waals surface area contributed by atoms with Gasteiger partial charge in [-0.25, -0.2) is 0 Å². The average molecular weight is 357 g/mol. The summed E-state index contributed by atoms with van der Waals surface area (Å²) in [5.74, 6) is -0.153. The predicted octanol–water partition coefficient (Wildman–Crippen LogP) is 5.14. The minimum atomic E-state index is -0.860. The average Bonchev–Trinajstić information content (AvgIpc) is 3.06. The zero-order chi connectivity index (χ0) is 18.8. The van der Waals surface area contributed by atoms with Crippen LogP contribution < -0.4 is 4.74 Å². The van der Waals surface area contributed by atoms with Crippen LogP contribution in [-0.4, -0.2) is 23.2 Å². The van der Waals surface area contributed by atoms with E-state index in [0.717, 1.165) is 38.9 Å². The van der Waals surface area contributed by atoms with E-state index >= 15 is 0 Å². The Kier molecular flexibility index (Phi) is 4.38. The monoisotopic (exact) mass is 357 g/mol. The molecule has 134 valence electrons. The third-order valence-corrected chi connectivity index (χ3v) is 4.72. The van der Waals surface area contributed by atoms with E-state index in [1.807, 2.05) is 48.5 Å². The Labute approximate surface area is 157 Å². The summed E-state index contributed by atoms with van der Waals surface area (Å²) in [5, 5.41) is 10.3. The second kappa shape index (κ2) is 7.00. The van der Waals surface area contributed by atoms with Gasteiger partial charge in [-0.3, -0.25) is 4.79 Å². The molecule has 0 saturated carbocycles. The fourth-order valence-corrected chi connectivity index (χ4v) is 3.39. The van der Waals surface area contributed by atoms with Gasteiger partial charge in [0.15, 0.2) is 0 Å². The predicted molar refractivity (Wildman–Crippen MR) is 107 cm³/mol. The van der Waals surface area contributed by atoms with Gasteiger partial charge in [-0.15, -0.1) is 0 Å². The van der Waals surface area contributed by atoms with Crippen LogP contribution in [0.2, 0.25) is 0 Å². The Bertz CT molecular complexity index is 1100. The largest absolute Gasteiger partial charge is 0.497 e. The number of H-pyrrole nitrogens is 1. The number of benzene rings is 3. The number of hydrogen-bond acceptors (Lipinski definition) is 2. The molecule has 1 aromatic heterocycles. The van der Waals surface area contributed by atoms with Crippen molar-refractivity contribution in [1.82, 2.24) is 4.98 Å². The first-order valence-corrected chi connectivity index (χ1v) is 8.72. The van der Waals surface area contributed by atoms with Crippen molar-refractivity contribution in [3.8, 4) is 28.1 Å². The molecule has 4 heteroatoms. The quantitative estimate of drug-likeness (QED) is 0.520. The molecule has 0 bridgehead atoms. The highest BCUT2D eigenvalue weighted by Crippen LogP contribution is 2.34. The summed E-state index contributed by atoms with van der Waals surface area (Å²) >= 11 is 0. The molecule has 1 heterocycles. The summed E-state index contributed by atoms with van der Waals surface area (Å²) in [6, 6.07) is 24.0. The third-order valence-electron chi connectivity index (χ3n) is 4.72. The van der Waals surface area contributed by atoms with Gasteiger partial charge in [0.25, 0.3) is 0 Å². The summed E-state index contributed by atoms with van der Waals surface area (Å²) in [5.41, 5.74) is 5.73. The second-order valence-electron chi connectivity index (χ2n) is 6.40. The molecule has 0 spiro atoms. The summed E-state index contributed by atoms with van der Waals surface area (Å²) in [6.45, 7) is 0. The van der Waals surface area contributed by atoms with Crippen LogP contribution in [0.5, 0.6) is 5.75 Å².